The largest absolute Gasteiger partial charge is 0.321 e. The molecule has 0 atom stereocenters. The van der Waals surface area contributed by atoms with Crippen molar-refractivity contribution in [1.29, 1.82) is 0 Å². The van der Waals surface area contributed by atoms with Crippen molar-refractivity contribution in [1.82, 2.24) is 24.9 Å². The van der Waals surface area contributed by atoms with Crippen molar-refractivity contribution in [3.63, 3.8) is 0 Å². The summed E-state index contributed by atoms with van der Waals surface area (Å²) < 4.78 is 15.1. The molecule has 7 nitrogen and oxygen atoms in total. The summed E-state index contributed by atoms with van der Waals surface area (Å²) in [6.45, 7) is 2.21. The maximum atomic E-state index is 13.6. The first-order valence-corrected chi connectivity index (χ1v) is 11.5. The van der Waals surface area contributed by atoms with Crippen molar-refractivity contribution in [3.05, 3.63) is 76.5 Å². The van der Waals surface area contributed by atoms with Gasteiger partial charge in [-0.1, -0.05) is 5.21 Å². The summed E-state index contributed by atoms with van der Waals surface area (Å²) in [7, 11) is 2.14. The number of likely N-dealkylation sites (tertiary alicyclic amines) is 1. The molecule has 1 saturated heterocycles. The Bertz CT molecular complexity index is 1380. The number of halogens is 1. The van der Waals surface area contributed by atoms with Gasteiger partial charge in [-0.15, -0.1) is 5.10 Å². The highest BCUT2D eigenvalue weighted by Crippen LogP contribution is 2.23. The molecule has 0 aliphatic carbocycles. The van der Waals surface area contributed by atoms with E-state index in [1.807, 2.05) is 12.1 Å². The van der Waals surface area contributed by atoms with E-state index >= 15 is 0 Å². The maximum absolute atomic E-state index is 13.6. The third-order valence-corrected chi connectivity index (χ3v) is 6.65. The standard InChI is InChI=1S/C26H26FN5O2/c1-31-12-10-17(11-13-31)2-9-25(33)18-3-6-21(7-4-18)32-16-24(29-30-32)22-15-19-14-20(27)5-8-23(19)28-26(22)34/h3-8,14-17H,2,9-13H2,1H3,(H,28,34). The highest BCUT2D eigenvalue weighted by atomic mass is 19.1. The van der Waals surface area contributed by atoms with Crippen molar-refractivity contribution in [2.24, 2.45) is 5.92 Å². The first-order valence-electron chi connectivity index (χ1n) is 11.5. The molecule has 1 aliphatic rings. The number of hydrogen-bond donors (Lipinski definition) is 1. The maximum Gasteiger partial charge on any atom is 0.258 e. The van der Waals surface area contributed by atoms with E-state index in [-0.39, 0.29) is 17.2 Å². The van der Waals surface area contributed by atoms with Gasteiger partial charge in [-0.3, -0.25) is 9.59 Å². The van der Waals surface area contributed by atoms with E-state index in [4.69, 9.17) is 0 Å². The van der Waals surface area contributed by atoms with Crippen molar-refractivity contribution >= 4 is 16.7 Å². The molecule has 2 aromatic heterocycles. The number of piperidine rings is 1. The molecule has 5 rings (SSSR count). The molecule has 2 aromatic carbocycles. The summed E-state index contributed by atoms with van der Waals surface area (Å²) in [4.78, 5) is 30.2. The van der Waals surface area contributed by atoms with Gasteiger partial charge in [0.1, 0.15) is 11.5 Å². The zero-order valence-electron chi connectivity index (χ0n) is 19.0. The van der Waals surface area contributed by atoms with E-state index in [0.717, 1.165) is 38.0 Å². The average Bonchev–Trinajstić information content (AvgIpc) is 3.33. The number of H-pyrrole nitrogens is 1. The number of rotatable bonds is 6. The van der Waals surface area contributed by atoms with Crippen LogP contribution in [0.4, 0.5) is 4.39 Å². The highest BCUT2D eigenvalue weighted by Gasteiger charge is 2.18. The summed E-state index contributed by atoms with van der Waals surface area (Å²) in [5.41, 5.74) is 2.34. The lowest BCUT2D eigenvalue weighted by Gasteiger charge is -2.28. The van der Waals surface area contributed by atoms with Crippen LogP contribution in [0.2, 0.25) is 0 Å². The third-order valence-electron chi connectivity index (χ3n) is 6.65. The second-order valence-electron chi connectivity index (χ2n) is 9.05. The summed E-state index contributed by atoms with van der Waals surface area (Å²) in [5, 5.41) is 8.83. The first-order chi connectivity index (χ1) is 16.5. The van der Waals surface area contributed by atoms with Gasteiger partial charge in [0.25, 0.3) is 5.56 Å². The number of benzene rings is 2. The Hall–Kier alpha value is -3.65. The number of aromatic nitrogens is 4. The monoisotopic (exact) mass is 459 g/mol. The molecule has 34 heavy (non-hydrogen) atoms. The summed E-state index contributed by atoms with van der Waals surface area (Å²) >= 11 is 0. The molecular formula is C26H26FN5O2. The zero-order valence-corrected chi connectivity index (χ0v) is 19.0. The minimum Gasteiger partial charge on any atom is -0.321 e. The second-order valence-corrected chi connectivity index (χ2v) is 9.05. The van der Waals surface area contributed by atoms with Crippen LogP contribution in [-0.2, 0) is 0 Å². The van der Waals surface area contributed by atoms with Crippen LogP contribution in [0.3, 0.4) is 0 Å². The second kappa shape index (κ2) is 9.30. The molecule has 0 saturated carbocycles. The van der Waals surface area contributed by atoms with Crippen LogP contribution < -0.4 is 5.56 Å². The molecule has 0 radical (unpaired) electrons. The number of hydrogen-bond acceptors (Lipinski definition) is 5. The highest BCUT2D eigenvalue weighted by molar-refractivity contribution is 5.96. The molecule has 0 unspecified atom stereocenters. The predicted molar refractivity (Wildman–Crippen MR) is 129 cm³/mol. The van der Waals surface area contributed by atoms with E-state index in [1.54, 1.807) is 29.1 Å². The SMILES string of the molecule is CN1CCC(CCC(=O)c2ccc(-n3cc(-c4cc5cc(F)ccc5[nH]c4=O)nn3)cc2)CC1. The Kier molecular flexibility index (Phi) is 6.06. The molecule has 3 heterocycles. The minimum atomic E-state index is -0.380. The van der Waals surface area contributed by atoms with E-state index < -0.39 is 0 Å². The van der Waals surface area contributed by atoms with Gasteiger partial charge in [0, 0.05) is 22.9 Å². The molecule has 174 valence electrons. The number of aromatic amines is 1. The predicted octanol–water partition coefficient (Wildman–Crippen LogP) is 4.22. The lowest BCUT2D eigenvalue weighted by molar-refractivity contribution is 0.0965. The molecule has 1 aliphatic heterocycles. The van der Waals surface area contributed by atoms with Crippen LogP contribution in [0, 0.1) is 11.7 Å². The van der Waals surface area contributed by atoms with Gasteiger partial charge in [-0.2, -0.15) is 0 Å². The van der Waals surface area contributed by atoms with Gasteiger partial charge in [0.05, 0.1) is 17.4 Å². The molecular weight excluding hydrogens is 433 g/mol. The van der Waals surface area contributed by atoms with Gasteiger partial charge in [0.15, 0.2) is 5.78 Å². The van der Waals surface area contributed by atoms with Crippen molar-refractivity contribution in [3.8, 4) is 16.9 Å². The number of nitrogens with zero attached hydrogens (tertiary/aromatic N) is 4. The van der Waals surface area contributed by atoms with Crippen LogP contribution in [-0.4, -0.2) is 50.8 Å². The minimum absolute atomic E-state index is 0.152. The normalized spacial score (nSPS) is 15.1. The number of Topliss-reactive ketones (excluding diaryl/α,β-unsaturated/α-hetero) is 1. The molecule has 0 spiro atoms. The van der Waals surface area contributed by atoms with E-state index in [0.29, 0.717) is 40.1 Å². The fourth-order valence-corrected chi connectivity index (χ4v) is 4.51. The quantitative estimate of drug-likeness (QED) is 0.437. The Morgan fingerprint density at radius 1 is 1.12 bits per heavy atom. The van der Waals surface area contributed by atoms with Crippen LogP contribution in [0.15, 0.2) is 59.5 Å². The first kappa shape index (κ1) is 22.2. The number of carbonyl (C=O) groups excluding carboxylic acids is 1. The van der Waals surface area contributed by atoms with E-state index in [9.17, 15) is 14.0 Å². The van der Waals surface area contributed by atoms with Gasteiger partial charge >= 0.3 is 0 Å². The molecule has 1 N–H and O–H groups in total. The lowest BCUT2D eigenvalue weighted by Crippen LogP contribution is -2.30. The lowest BCUT2D eigenvalue weighted by atomic mass is 9.90. The number of ketones is 1. The van der Waals surface area contributed by atoms with E-state index in [1.165, 1.54) is 18.2 Å². The number of pyridine rings is 1. The van der Waals surface area contributed by atoms with Gasteiger partial charge in [0.2, 0.25) is 0 Å². The third kappa shape index (κ3) is 4.68. The average molecular weight is 460 g/mol. The Morgan fingerprint density at radius 3 is 2.65 bits per heavy atom. The Labute approximate surface area is 196 Å². The van der Waals surface area contributed by atoms with Crippen LogP contribution >= 0.6 is 0 Å². The summed E-state index contributed by atoms with van der Waals surface area (Å²) in [6, 6.07) is 13.1. The fraction of sp³-hybridized carbons (Fsp3) is 0.308. The molecule has 0 amide bonds. The van der Waals surface area contributed by atoms with Crippen LogP contribution in [0.5, 0.6) is 0 Å². The van der Waals surface area contributed by atoms with E-state index in [2.05, 4.69) is 27.2 Å². The van der Waals surface area contributed by atoms with Crippen LogP contribution in [0.1, 0.15) is 36.0 Å². The zero-order chi connectivity index (χ0) is 23.7. The number of carbonyl (C=O) groups is 1. The summed E-state index contributed by atoms with van der Waals surface area (Å²) in [6.07, 6.45) is 5.46. The van der Waals surface area contributed by atoms with Gasteiger partial charge < -0.3 is 9.88 Å². The molecule has 4 aromatic rings. The van der Waals surface area contributed by atoms with Crippen molar-refractivity contribution < 1.29 is 9.18 Å². The number of nitrogens with one attached hydrogen (secondary N) is 1. The molecule has 1 fully saturated rings. The topological polar surface area (TPSA) is 83.9 Å². The Balaban J connectivity index is 1.29. The molecule has 0 bridgehead atoms. The summed E-state index contributed by atoms with van der Waals surface area (Å²) in [5.74, 6) is 0.401. The van der Waals surface area contributed by atoms with Crippen molar-refractivity contribution in [2.45, 2.75) is 25.7 Å². The Morgan fingerprint density at radius 2 is 1.88 bits per heavy atom. The fourth-order valence-electron chi connectivity index (χ4n) is 4.51. The smallest absolute Gasteiger partial charge is 0.258 e. The van der Waals surface area contributed by atoms with Gasteiger partial charge in [-0.25, -0.2) is 9.07 Å². The van der Waals surface area contributed by atoms with Crippen molar-refractivity contribution in [2.75, 3.05) is 20.1 Å². The van der Waals surface area contributed by atoms with Crippen LogP contribution in [0.25, 0.3) is 27.8 Å². The number of fused-ring (bicyclic) bond motifs is 1. The van der Waals surface area contributed by atoms with Gasteiger partial charge in [-0.05, 0) is 93.8 Å². The molecule has 8 heteroatoms.